The van der Waals surface area contributed by atoms with Gasteiger partial charge in [0.25, 0.3) is 0 Å². The summed E-state index contributed by atoms with van der Waals surface area (Å²) in [5.41, 5.74) is 0.238. The predicted octanol–water partition coefficient (Wildman–Crippen LogP) is 3.30. The van der Waals surface area contributed by atoms with Crippen LogP contribution in [0.25, 0.3) is 0 Å². The second-order valence-corrected chi connectivity index (χ2v) is 5.19. The Kier molecular flexibility index (Phi) is 2.46. The van der Waals surface area contributed by atoms with Crippen LogP contribution in [-0.2, 0) is 4.79 Å². The molecule has 2 atom stereocenters. The first-order valence-electron chi connectivity index (χ1n) is 5.03. The van der Waals surface area contributed by atoms with Crippen LogP contribution < -0.4 is 0 Å². The molecule has 1 aromatic carbocycles. The van der Waals surface area contributed by atoms with Gasteiger partial charge in [-0.15, -0.1) is 0 Å². The van der Waals surface area contributed by atoms with Gasteiger partial charge < -0.3 is 5.11 Å². The van der Waals surface area contributed by atoms with Crippen molar-refractivity contribution in [2.75, 3.05) is 0 Å². The van der Waals surface area contributed by atoms with Crippen molar-refractivity contribution in [3.8, 4) is 0 Å². The van der Waals surface area contributed by atoms with Crippen LogP contribution in [-0.4, -0.2) is 11.1 Å². The molecule has 2 rings (SSSR count). The third kappa shape index (κ3) is 1.59. The smallest absolute Gasteiger partial charge is 0.307 e. The number of carboxylic acids is 1. The molecule has 1 saturated carbocycles. The van der Waals surface area contributed by atoms with Gasteiger partial charge in [-0.2, -0.15) is 0 Å². The van der Waals surface area contributed by atoms with E-state index in [4.69, 9.17) is 16.7 Å². The van der Waals surface area contributed by atoms with Crippen molar-refractivity contribution in [3.05, 3.63) is 34.6 Å². The Morgan fingerprint density at radius 1 is 1.50 bits per heavy atom. The predicted molar refractivity (Wildman–Crippen MR) is 59.1 cm³/mol. The second kappa shape index (κ2) is 3.45. The zero-order valence-corrected chi connectivity index (χ0v) is 9.75. The summed E-state index contributed by atoms with van der Waals surface area (Å²) in [4.78, 5) is 11.0. The maximum atomic E-state index is 13.1. The minimum Gasteiger partial charge on any atom is -0.481 e. The number of aliphatic carboxylic acids is 1. The van der Waals surface area contributed by atoms with E-state index in [-0.39, 0.29) is 17.2 Å². The van der Waals surface area contributed by atoms with Gasteiger partial charge in [0, 0.05) is 10.9 Å². The van der Waals surface area contributed by atoms with Crippen LogP contribution in [0.4, 0.5) is 4.39 Å². The van der Waals surface area contributed by atoms with E-state index in [1.54, 1.807) is 0 Å². The number of carboxylic acid groups (broad SMARTS) is 1. The summed E-state index contributed by atoms with van der Waals surface area (Å²) in [6.45, 7) is 3.72. The summed E-state index contributed by atoms with van der Waals surface area (Å²) >= 11 is 5.97. The molecule has 16 heavy (non-hydrogen) atoms. The Bertz CT molecular complexity index is 456. The fourth-order valence-electron chi connectivity index (χ4n) is 2.43. The third-order valence-electron chi connectivity index (χ3n) is 3.39. The van der Waals surface area contributed by atoms with E-state index in [2.05, 4.69) is 0 Å². The Labute approximate surface area is 98.0 Å². The van der Waals surface area contributed by atoms with Gasteiger partial charge in [-0.3, -0.25) is 4.79 Å². The number of hydrogen-bond acceptors (Lipinski definition) is 1. The lowest BCUT2D eigenvalue weighted by Gasteiger charge is -2.05. The van der Waals surface area contributed by atoms with Crippen molar-refractivity contribution in [3.63, 3.8) is 0 Å². The van der Waals surface area contributed by atoms with E-state index < -0.39 is 11.9 Å². The topological polar surface area (TPSA) is 37.3 Å². The van der Waals surface area contributed by atoms with Crippen molar-refractivity contribution in [2.24, 2.45) is 11.3 Å². The summed E-state index contributed by atoms with van der Waals surface area (Å²) in [5, 5.41) is 9.48. The lowest BCUT2D eigenvalue weighted by molar-refractivity contribution is -0.139. The van der Waals surface area contributed by atoms with Crippen LogP contribution in [0, 0.1) is 17.2 Å². The highest BCUT2D eigenvalue weighted by Crippen LogP contribution is 2.65. The zero-order valence-electron chi connectivity index (χ0n) is 9.00. The molecule has 0 unspecified atom stereocenters. The SMILES string of the molecule is CC1(C)[C@H](C(=O)O)[C@H]1c1cc(F)ccc1Cl. The largest absolute Gasteiger partial charge is 0.481 e. The number of halogens is 2. The standard InChI is InChI=1S/C12H12ClFO2/c1-12(2)9(10(12)11(15)16)7-5-6(14)3-4-8(7)13/h3-5,9-10H,1-2H3,(H,15,16)/t9-,10+/m1/s1. The molecule has 1 fully saturated rings. The summed E-state index contributed by atoms with van der Waals surface area (Å²) < 4.78 is 13.1. The molecule has 0 bridgehead atoms. The highest BCUT2D eigenvalue weighted by atomic mass is 35.5. The van der Waals surface area contributed by atoms with Gasteiger partial charge in [-0.05, 0) is 29.2 Å². The van der Waals surface area contributed by atoms with Crippen LogP contribution >= 0.6 is 11.6 Å². The highest BCUT2D eigenvalue weighted by molar-refractivity contribution is 6.31. The summed E-state index contributed by atoms with van der Waals surface area (Å²) in [7, 11) is 0. The van der Waals surface area contributed by atoms with Crippen LogP contribution in [0.2, 0.25) is 5.02 Å². The van der Waals surface area contributed by atoms with Crippen LogP contribution in [0.1, 0.15) is 25.3 Å². The van der Waals surface area contributed by atoms with Gasteiger partial charge in [-0.1, -0.05) is 25.4 Å². The first-order chi connectivity index (χ1) is 7.35. The van der Waals surface area contributed by atoms with Crippen LogP contribution in [0.5, 0.6) is 0 Å². The molecule has 86 valence electrons. The summed E-state index contributed by atoms with van der Waals surface area (Å²) in [5.74, 6) is -1.92. The molecule has 1 aliphatic carbocycles. The first-order valence-corrected chi connectivity index (χ1v) is 5.41. The van der Waals surface area contributed by atoms with E-state index in [0.717, 1.165) is 0 Å². The molecule has 1 aliphatic rings. The summed E-state index contributed by atoms with van der Waals surface area (Å²) in [6, 6.07) is 4.08. The molecule has 0 aliphatic heterocycles. The quantitative estimate of drug-likeness (QED) is 0.864. The summed E-state index contributed by atoms with van der Waals surface area (Å²) in [6.07, 6.45) is 0. The Hall–Kier alpha value is -1.09. The van der Waals surface area contributed by atoms with Crippen LogP contribution in [0.3, 0.4) is 0 Å². The second-order valence-electron chi connectivity index (χ2n) is 4.78. The average molecular weight is 243 g/mol. The minimum absolute atomic E-state index is 0.201. The van der Waals surface area contributed by atoms with Gasteiger partial charge in [0.15, 0.2) is 0 Å². The normalized spacial score (nSPS) is 26.5. The molecular formula is C12H12ClFO2. The Morgan fingerprint density at radius 3 is 2.62 bits per heavy atom. The maximum Gasteiger partial charge on any atom is 0.307 e. The van der Waals surface area contributed by atoms with Gasteiger partial charge in [0.2, 0.25) is 0 Å². The van der Waals surface area contributed by atoms with Crippen molar-refractivity contribution < 1.29 is 14.3 Å². The van der Waals surface area contributed by atoms with E-state index in [0.29, 0.717) is 10.6 Å². The van der Waals surface area contributed by atoms with Gasteiger partial charge in [-0.25, -0.2) is 4.39 Å². The third-order valence-corrected chi connectivity index (χ3v) is 3.73. The van der Waals surface area contributed by atoms with Crippen molar-refractivity contribution >= 4 is 17.6 Å². The molecule has 0 aromatic heterocycles. The molecule has 0 heterocycles. The molecule has 0 amide bonds. The van der Waals surface area contributed by atoms with E-state index >= 15 is 0 Å². The molecule has 2 nitrogen and oxygen atoms in total. The number of carbonyl (C=O) groups is 1. The monoisotopic (exact) mass is 242 g/mol. The fraction of sp³-hybridized carbons (Fsp3) is 0.417. The highest BCUT2D eigenvalue weighted by Gasteiger charge is 2.63. The van der Waals surface area contributed by atoms with E-state index in [1.165, 1.54) is 18.2 Å². The Morgan fingerprint density at radius 2 is 2.12 bits per heavy atom. The molecule has 1 N–H and O–H groups in total. The van der Waals surface area contributed by atoms with E-state index in [9.17, 15) is 9.18 Å². The van der Waals surface area contributed by atoms with E-state index in [1.807, 2.05) is 13.8 Å². The minimum atomic E-state index is -0.852. The molecular weight excluding hydrogens is 231 g/mol. The Balaban J connectivity index is 2.40. The van der Waals surface area contributed by atoms with Crippen molar-refractivity contribution in [2.45, 2.75) is 19.8 Å². The van der Waals surface area contributed by atoms with Gasteiger partial charge in [0.05, 0.1) is 5.92 Å². The van der Waals surface area contributed by atoms with Crippen molar-refractivity contribution in [1.29, 1.82) is 0 Å². The molecule has 1 aromatic rings. The van der Waals surface area contributed by atoms with Gasteiger partial charge in [0.1, 0.15) is 5.82 Å². The number of benzene rings is 1. The fourth-order valence-corrected chi connectivity index (χ4v) is 2.67. The lowest BCUT2D eigenvalue weighted by Crippen LogP contribution is -2.03. The number of hydrogen-bond donors (Lipinski definition) is 1. The molecule has 0 radical (unpaired) electrons. The van der Waals surface area contributed by atoms with Crippen molar-refractivity contribution in [1.82, 2.24) is 0 Å². The lowest BCUT2D eigenvalue weighted by atomic mass is 10.0. The average Bonchev–Trinajstić information content (AvgIpc) is 2.73. The molecule has 0 spiro atoms. The molecule has 4 heteroatoms. The zero-order chi connectivity index (χ0) is 12.1. The number of rotatable bonds is 2. The molecule has 0 saturated heterocycles. The first kappa shape index (κ1) is 11.4. The van der Waals surface area contributed by atoms with Crippen LogP contribution in [0.15, 0.2) is 18.2 Å². The maximum absolute atomic E-state index is 13.1. The van der Waals surface area contributed by atoms with Gasteiger partial charge >= 0.3 is 5.97 Å².